The van der Waals surface area contributed by atoms with Crippen LogP contribution in [0.3, 0.4) is 0 Å². The van der Waals surface area contributed by atoms with Gasteiger partial charge in [-0.1, -0.05) is 18.2 Å². The molecular weight excluding hydrogens is 316 g/mol. The molecule has 0 bridgehead atoms. The van der Waals surface area contributed by atoms with Gasteiger partial charge < -0.3 is 14.2 Å². The molecule has 0 unspecified atom stereocenters. The smallest absolute Gasteiger partial charge is 0.289 e. The Kier molecular flexibility index (Phi) is 4.30. The highest BCUT2D eigenvalue weighted by molar-refractivity contribution is 5.91. The molecular formula is C20H22N2O3. The van der Waals surface area contributed by atoms with E-state index >= 15 is 0 Å². The molecule has 1 aliphatic carbocycles. The quantitative estimate of drug-likeness (QED) is 0.863. The third kappa shape index (κ3) is 3.31. The first-order valence-corrected chi connectivity index (χ1v) is 8.92. The molecule has 25 heavy (non-hydrogen) atoms. The fraction of sp³-hybridized carbons (Fsp3) is 0.400. The number of carbonyl (C=O) groups is 2. The van der Waals surface area contributed by atoms with E-state index in [0.717, 1.165) is 18.4 Å². The number of piperazine rings is 1. The number of benzene rings is 1. The highest BCUT2D eigenvalue weighted by Crippen LogP contribution is 2.23. The second-order valence-corrected chi connectivity index (χ2v) is 6.78. The van der Waals surface area contributed by atoms with Crippen molar-refractivity contribution in [3.05, 3.63) is 59.0 Å². The number of furan rings is 1. The van der Waals surface area contributed by atoms with Crippen LogP contribution in [-0.2, 0) is 24.1 Å². The summed E-state index contributed by atoms with van der Waals surface area (Å²) in [6, 6.07) is 9.83. The summed E-state index contributed by atoms with van der Waals surface area (Å²) in [4.78, 5) is 28.5. The lowest BCUT2D eigenvalue weighted by atomic mass is 10.0. The first-order chi connectivity index (χ1) is 12.2. The molecule has 0 spiro atoms. The Labute approximate surface area is 147 Å². The Morgan fingerprint density at radius 2 is 1.72 bits per heavy atom. The lowest BCUT2D eigenvalue weighted by molar-refractivity contribution is -0.131. The van der Waals surface area contributed by atoms with Crippen LogP contribution < -0.4 is 0 Å². The second kappa shape index (κ2) is 6.75. The summed E-state index contributed by atoms with van der Waals surface area (Å²) < 4.78 is 5.17. The van der Waals surface area contributed by atoms with Crippen LogP contribution in [-0.4, -0.2) is 47.8 Å². The zero-order chi connectivity index (χ0) is 17.2. The van der Waals surface area contributed by atoms with Gasteiger partial charge in [-0.2, -0.15) is 0 Å². The van der Waals surface area contributed by atoms with Gasteiger partial charge >= 0.3 is 0 Å². The van der Waals surface area contributed by atoms with E-state index in [4.69, 9.17) is 4.42 Å². The third-order valence-corrected chi connectivity index (χ3v) is 5.17. The molecule has 1 aliphatic heterocycles. The fourth-order valence-corrected chi connectivity index (χ4v) is 3.74. The molecule has 0 saturated carbocycles. The van der Waals surface area contributed by atoms with Crippen molar-refractivity contribution in [1.82, 2.24) is 9.80 Å². The third-order valence-electron chi connectivity index (χ3n) is 5.17. The van der Waals surface area contributed by atoms with Gasteiger partial charge in [0.2, 0.25) is 5.91 Å². The summed E-state index contributed by atoms with van der Waals surface area (Å²) in [6.07, 6.45) is 5.46. The summed E-state index contributed by atoms with van der Waals surface area (Å²) in [5.74, 6) is 0.400. The van der Waals surface area contributed by atoms with Gasteiger partial charge in [0.1, 0.15) is 0 Å². The molecule has 4 rings (SSSR count). The Bertz CT molecular complexity index is 774. The van der Waals surface area contributed by atoms with E-state index in [1.54, 1.807) is 17.0 Å². The first-order valence-electron chi connectivity index (χ1n) is 8.92. The zero-order valence-electron chi connectivity index (χ0n) is 14.2. The van der Waals surface area contributed by atoms with Crippen molar-refractivity contribution >= 4 is 11.8 Å². The number of hydrogen-bond acceptors (Lipinski definition) is 3. The standard InChI is InChI=1S/C20H22N2O3/c23-19(14-15-6-7-16-3-1-4-17(16)13-15)21-8-10-22(11-9-21)20(24)18-5-2-12-25-18/h2,5-7,12-13H,1,3-4,8-11,14H2. The summed E-state index contributed by atoms with van der Waals surface area (Å²) in [5, 5.41) is 0. The summed E-state index contributed by atoms with van der Waals surface area (Å²) in [5.41, 5.74) is 3.93. The molecule has 1 fully saturated rings. The van der Waals surface area contributed by atoms with Crippen LogP contribution in [0.2, 0.25) is 0 Å². The van der Waals surface area contributed by atoms with Gasteiger partial charge in [-0.05, 0) is 48.1 Å². The van der Waals surface area contributed by atoms with Crippen molar-refractivity contribution in [2.75, 3.05) is 26.2 Å². The predicted octanol–water partition coefficient (Wildman–Crippen LogP) is 2.30. The normalized spacial score (nSPS) is 16.8. The van der Waals surface area contributed by atoms with Crippen LogP contribution in [0.15, 0.2) is 41.0 Å². The van der Waals surface area contributed by atoms with Gasteiger partial charge in [0.25, 0.3) is 5.91 Å². The maximum absolute atomic E-state index is 12.6. The largest absolute Gasteiger partial charge is 0.459 e. The van der Waals surface area contributed by atoms with E-state index in [9.17, 15) is 9.59 Å². The number of hydrogen-bond donors (Lipinski definition) is 0. The Morgan fingerprint density at radius 3 is 2.48 bits per heavy atom. The SMILES string of the molecule is O=C(Cc1ccc2c(c1)CCC2)N1CCN(C(=O)c2ccco2)CC1. The topological polar surface area (TPSA) is 53.8 Å². The average molecular weight is 338 g/mol. The van der Waals surface area contributed by atoms with Crippen molar-refractivity contribution in [2.24, 2.45) is 0 Å². The Morgan fingerprint density at radius 1 is 0.960 bits per heavy atom. The summed E-state index contributed by atoms with van der Waals surface area (Å²) >= 11 is 0. The van der Waals surface area contributed by atoms with E-state index < -0.39 is 0 Å². The molecule has 2 aliphatic rings. The highest BCUT2D eigenvalue weighted by atomic mass is 16.3. The molecule has 0 atom stereocenters. The van der Waals surface area contributed by atoms with Crippen molar-refractivity contribution in [3.8, 4) is 0 Å². The molecule has 2 aromatic rings. The summed E-state index contributed by atoms with van der Waals surface area (Å²) in [6.45, 7) is 2.26. The molecule has 0 N–H and O–H groups in total. The minimum absolute atomic E-state index is 0.101. The molecule has 5 nitrogen and oxygen atoms in total. The minimum atomic E-state index is -0.101. The van der Waals surface area contributed by atoms with Crippen LogP contribution >= 0.6 is 0 Å². The van der Waals surface area contributed by atoms with E-state index in [-0.39, 0.29) is 11.8 Å². The number of amides is 2. The molecule has 1 saturated heterocycles. The number of nitrogens with zero attached hydrogens (tertiary/aromatic N) is 2. The van der Waals surface area contributed by atoms with Crippen molar-refractivity contribution in [2.45, 2.75) is 25.7 Å². The number of fused-ring (bicyclic) bond motifs is 1. The molecule has 5 heteroatoms. The fourth-order valence-electron chi connectivity index (χ4n) is 3.74. The van der Waals surface area contributed by atoms with Gasteiger partial charge in [-0.15, -0.1) is 0 Å². The first kappa shape index (κ1) is 15.9. The van der Waals surface area contributed by atoms with E-state index in [2.05, 4.69) is 18.2 Å². The van der Waals surface area contributed by atoms with Crippen LogP contribution in [0, 0.1) is 0 Å². The predicted molar refractivity (Wildman–Crippen MR) is 93.4 cm³/mol. The van der Waals surface area contributed by atoms with Gasteiger partial charge in [0, 0.05) is 26.2 Å². The average Bonchev–Trinajstić information content (AvgIpc) is 3.32. The minimum Gasteiger partial charge on any atom is -0.459 e. The number of rotatable bonds is 3. The molecule has 1 aromatic heterocycles. The number of carbonyl (C=O) groups excluding carboxylic acids is 2. The van der Waals surface area contributed by atoms with Crippen molar-refractivity contribution in [1.29, 1.82) is 0 Å². The molecule has 1 aromatic carbocycles. The molecule has 2 heterocycles. The van der Waals surface area contributed by atoms with Gasteiger partial charge in [0.05, 0.1) is 12.7 Å². The van der Waals surface area contributed by atoms with Crippen LogP contribution in [0.25, 0.3) is 0 Å². The highest BCUT2D eigenvalue weighted by Gasteiger charge is 2.26. The van der Waals surface area contributed by atoms with Gasteiger partial charge in [0.15, 0.2) is 5.76 Å². The lowest BCUT2D eigenvalue weighted by Gasteiger charge is -2.34. The summed E-state index contributed by atoms with van der Waals surface area (Å²) in [7, 11) is 0. The molecule has 2 amide bonds. The molecule has 0 radical (unpaired) electrons. The van der Waals surface area contributed by atoms with Crippen molar-refractivity contribution < 1.29 is 14.0 Å². The molecule has 130 valence electrons. The maximum atomic E-state index is 12.6. The van der Waals surface area contributed by atoms with E-state index in [1.165, 1.54) is 23.8 Å². The van der Waals surface area contributed by atoms with Crippen LogP contribution in [0.5, 0.6) is 0 Å². The Hall–Kier alpha value is -2.56. The van der Waals surface area contributed by atoms with Crippen LogP contribution in [0.1, 0.15) is 33.7 Å². The van der Waals surface area contributed by atoms with Crippen LogP contribution in [0.4, 0.5) is 0 Å². The van der Waals surface area contributed by atoms with Gasteiger partial charge in [-0.25, -0.2) is 0 Å². The second-order valence-electron chi connectivity index (χ2n) is 6.78. The van der Waals surface area contributed by atoms with Crippen molar-refractivity contribution in [3.63, 3.8) is 0 Å². The van der Waals surface area contributed by atoms with E-state index in [0.29, 0.717) is 38.4 Å². The number of aryl methyl sites for hydroxylation is 2. The monoisotopic (exact) mass is 338 g/mol. The zero-order valence-corrected chi connectivity index (χ0v) is 14.2. The Balaban J connectivity index is 1.33. The lowest BCUT2D eigenvalue weighted by Crippen LogP contribution is -2.50. The van der Waals surface area contributed by atoms with Gasteiger partial charge in [-0.3, -0.25) is 9.59 Å². The van der Waals surface area contributed by atoms with E-state index in [1.807, 2.05) is 4.90 Å². The maximum Gasteiger partial charge on any atom is 0.289 e.